The molecule has 8 heteroatoms. The normalized spacial score (nSPS) is 22.8. The maximum atomic E-state index is 12.5. The van der Waals surface area contributed by atoms with E-state index in [1.807, 2.05) is 37.3 Å². The molecule has 2 N–H and O–H groups in total. The Bertz CT molecular complexity index is 1040. The topological polar surface area (TPSA) is 87.6 Å². The molecule has 2 aromatic carbocycles. The predicted octanol–water partition coefficient (Wildman–Crippen LogP) is 3.12. The van der Waals surface area contributed by atoms with Crippen LogP contribution in [0.25, 0.3) is 0 Å². The highest BCUT2D eigenvalue weighted by Crippen LogP contribution is 2.34. The summed E-state index contributed by atoms with van der Waals surface area (Å²) in [7, 11) is -2.95. The molecule has 3 atom stereocenters. The molecule has 2 aromatic rings. The molecule has 0 radical (unpaired) electrons. The highest BCUT2D eigenvalue weighted by molar-refractivity contribution is 8.15. The summed E-state index contributed by atoms with van der Waals surface area (Å²) < 4.78 is 23.3. The van der Waals surface area contributed by atoms with Crippen molar-refractivity contribution in [3.05, 3.63) is 65.7 Å². The standard InChI is InChI=1S/C22H25N3O3S2/c1-15(7-8-16-5-3-2-4-6-16)23-21(26)17-9-11-18(12-10-17)24-22-25-19-13-30(27,28)14-20(19)29-22/h2-6,9-12,15,19-20H,7-8,13-14H2,1H3,(H,23,26)(H,24,25)/t15-,19+,20+/m1/s1. The minimum atomic E-state index is -2.95. The van der Waals surface area contributed by atoms with Crippen LogP contribution in [0.3, 0.4) is 0 Å². The van der Waals surface area contributed by atoms with Crippen molar-refractivity contribution >= 4 is 38.4 Å². The van der Waals surface area contributed by atoms with Crippen LogP contribution in [0.1, 0.15) is 29.3 Å². The fraction of sp³-hybridized carbons (Fsp3) is 0.364. The van der Waals surface area contributed by atoms with Gasteiger partial charge in [-0.3, -0.25) is 9.79 Å². The molecule has 4 rings (SSSR count). The second-order valence-corrected chi connectivity index (χ2v) is 11.2. The number of nitrogens with one attached hydrogen (secondary N) is 2. The lowest BCUT2D eigenvalue weighted by atomic mass is 10.1. The number of fused-ring (bicyclic) bond motifs is 1. The van der Waals surface area contributed by atoms with E-state index in [-0.39, 0.29) is 34.7 Å². The molecule has 2 heterocycles. The first kappa shape index (κ1) is 20.9. The van der Waals surface area contributed by atoms with E-state index < -0.39 is 9.84 Å². The van der Waals surface area contributed by atoms with Gasteiger partial charge in [-0.15, -0.1) is 0 Å². The van der Waals surface area contributed by atoms with Crippen LogP contribution < -0.4 is 10.6 Å². The molecule has 30 heavy (non-hydrogen) atoms. The van der Waals surface area contributed by atoms with Crippen molar-refractivity contribution in [2.45, 2.75) is 37.1 Å². The summed E-state index contributed by atoms with van der Waals surface area (Å²) in [5.74, 6) is 0.241. The van der Waals surface area contributed by atoms with Crippen molar-refractivity contribution in [3.8, 4) is 0 Å². The molecule has 2 aliphatic rings. The van der Waals surface area contributed by atoms with Gasteiger partial charge in [-0.1, -0.05) is 42.1 Å². The van der Waals surface area contributed by atoms with Crippen molar-refractivity contribution in [2.75, 3.05) is 16.8 Å². The Morgan fingerprint density at radius 1 is 1.13 bits per heavy atom. The zero-order valence-electron chi connectivity index (χ0n) is 16.7. The summed E-state index contributed by atoms with van der Waals surface area (Å²) >= 11 is 1.48. The minimum Gasteiger partial charge on any atom is -0.350 e. The first-order valence-corrected chi connectivity index (χ1v) is 12.7. The Morgan fingerprint density at radius 2 is 1.87 bits per heavy atom. The summed E-state index contributed by atoms with van der Waals surface area (Å²) in [6.07, 6.45) is 1.80. The van der Waals surface area contributed by atoms with Gasteiger partial charge in [0.05, 0.1) is 17.5 Å². The van der Waals surface area contributed by atoms with Crippen molar-refractivity contribution < 1.29 is 13.2 Å². The van der Waals surface area contributed by atoms with Gasteiger partial charge in [-0.05, 0) is 49.6 Å². The van der Waals surface area contributed by atoms with Crippen LogP contribution in [-0.2, 0) is 16.3 Å². The third-order valence-electron chi connectivity index (χ3n) is 5.30. The number of aryl methyl sites for hydroxylation is 1. The number of hydrogen-bond acceptors (Lipinski definition) is 6. The second kappa shape index (κ2) is 8.81. The summed E-state index contributed by atoms with van der Waals surface area (Å²) in [5, 5.41) is 7.03. The molecule has 1 amide bonds. The number of sulfone groups is 1. The molecule has 1 fully saturated rings. The molecule has 0 aromatic heterocycles. The monoisotopic (exact) mass is 443 g/mol. The van der Waals surface area contributed by atoms with E-state index in [2.05, 4.69) is 27.8 Å². The molecule has 0 bridgehead atoms. The van der Waals surface area contributed by atoms with E-state index in [9.17, 15) is 13.2 Å². The van der Waals surface area contributed by atoms with E-state index >= 15 is 0 Å². The fourth-order valence-electron chi connectivity index (χ4n) is 3.65. The average molecular weight is 444 g/mol. The lowest BCUT2D eigenvalue weighted by molar-refractivity contribution is 0.0938. The van der Waals surface area contributed by atoms with E-state index in [0.717, 1.165) is 23.7 Å². The number of nitrogens with zero attached hydrogens (tertiary/aromatic N) is 1. The van der Waals surface area contributed by atoms with E-state index in [0.29, 0.717) is 5.56 Å². The van der Waals surface area contributed by atoms with Gasteiger partial charge in [0.25, 0.3) is 5.91 Å². The van der Waals surface area contributed by atoms with Crippen LogP contribution >= 0.6 is 11.8 Å². The molecule has 0 unspecified atom stereocenters. The fourth-order valence-corrected chi connectivity index (χ4v) is 7.33. The summed E-state index contributed by atoms with van der Waals surface area (Å²) in [6, 6.07) is 17.4. The first-order valence-electron chi connectivity index (χ1n) is 10.0. The molecule has 158 valence electrons. The number of hydrogen-bond donors (Lipinski definition) is 2. The zero-order chi connectivity index (χ0) is 21.1. The minimum absolute atomic E-state index is 0.0138. The Kier molecular flexibility index (Phi) is 6.15. The number of carbonyl (C=O) groups is 1. The van der Waals surface area contributed by atoms with Gasteiger partial charge in [-0.2, -0.15) is 0 Å². The molecule has 0 spiro atoms. The Hall–Kier alpha value is -2.32. The highest BCUT2D eigenvalue weighted by atomic mass is 32.2. The molecule has 0 aliphatic carbocycles. The van der Waals surface area contributed by atoms with Gasteiger partial charge < -0.3 is 10.6 Å². The van der Waals surface area contributed by atoms with E-state index in [4.69, 9.17) is 0 Å². The highest BCUT2D eigenvalue weighted by Gasteiger charge is 2.42. The van der Waals surface area contributed by atoms with E-state index in [1.165, 1.54) is 17.3 Å². The quantitative estimate of drug-likeness (QED) is 0.716. The predicted molar refractivity (Wildman–Crippen MR) is 123 cm³/mol. The molecule has 6 nitrogen and oxygen atoms in total. The number of aliphatic imine (C=N–C) groups is 1. The van der Waals surface area contributed by atoms with Crippen LogP contribution in [0.15, 0.2) is 59.6 Å². The zero-order valence-corrected chi connectivity index (χ0v) is 18.4. The van der Waals surface area contributed by atoms with Gasteiger partial charge in [0.2, 0.25) is 0 Å². The largest absolute Gasteiger partial charge is 0.350 e. The van der Waals surface area contributed by atoms with Gasteiger partial charge in [-0.25, -0.2) is 8.42 Å². The van der Waals surface area contributed by atoms with Crippen LogP contribution in [-0.4, -0.2) is 48.3 Å². The van der Waals surface area contributed by atoms with Crippen LogP contribution in [0.2, 0.25) is 0 Å². The van der Waals surface area contributed by atoms with Gasteiger partial charge in [0.1, 0.15) is 0 Å². The number of benzene rings is 2. The summed E-state index contributed by atoms with van der Waals surface area (Å²) in [6.45, 7) is 2.02. The second-order valence-electron chi connectivity index (χ2n) is 7.84. The van der Waals surface area contributed by atoms with Crippen molar-refractivity contribution in [2.24, 2.45) is 4.99 Å². The molecular weight excluding hydrogens is 418 g/mol. The number of thioether (sulfide) groups is 1. The van der Waals surface area contributed by atoms with Crippen molar-refractivity contribution in [1.82, 2.24) is 5.32 Å². The molecule has 1 saturated heterocycles. The number of anilines is 1. The Labute approximate surface area is 181 Å². The maximum absolute atomic E-state index is 12.5. The smallest absolute Gasteiger partial charge is 0.251 e. The summed E-state index contributed by atoms with van der Waals surface area (Å²) in [4.78, 5) is 17.0. The molecule has 0 saturated carbocycles. The van der Waals surface area contributed by atoms with Gasteiger partial charge in [0.15, 0.2) is 15.0 Å². The van der Waals surface area contributed by atoms with Gasteiger partial charge >= 0.3 is 0 Å². The van der Waals surface area contributed by atoms with E-state index in [1.54, 1.807) is 12.1 Å². The lowest BCUT2D eigenvalue weighted by Crippen LogP contribution is -2.32. The molecule has 2 aliphatic heterocycles. The number of amidine groups is 1. The lowest BCUT2D eigenvalue weighted by Gasteiger charge is -2.14. The average Bonchev–Trinajstić information content (AvgIpc) is 3.20. The maximum Gasteiger partial charge on any atom is 0.251 e. The number of rotatable bonds is 6. The van der Waals surface area contributed by atoms with Crippen LogP contribution in [0, 0.1) is 0 Å². The molecular formula is C22H25N3O3S2. The van der Waals surface area contributed by atoms with Crippen molar-refractivity contribution in [1.29, 1.82) is 0 Å². The Balaban J connectivity index is 1.27. The SMILES string of the molecule is C[C@H](CCc1ccccc1)NC(=O)c1ccc(NC2=N[C@H]3CS(=O)(=O)C[C@@H]3S2)cc1. The number of amides is 1. The number of carbonyl (C=O) groups excluding carboxylic acids is 1. The Morgan fingerprint density at radius 3 is 2.57 bits per heavy atom. The third kappa shape index (κ3) is 5.23. The van der Waals surface area contributed by atoms with Gasteiger partial charge in [0, 0.05) is 22.5 Å². The van der Waals surface area contributed by atoms with Crippen molar-refractivity contribution in [3.63, 3.8) is 0 Å². The van der Waals surface area contributed by atoms with Crippen LogP contribution in [0.4, 0.5) is 5.69 Å². The van der Waals surface area contributed by atoms with Crippen LogP contribution in [0.5, 0.6) is 0 Å². The first-order chi connectivity index (χ1) is 14.4. The third-order valence-corrected chi connectivity index (χ3v) is 8.44. The summed E-state index contributed by atoms with van der Waals surface area (Å²) in [5.41, 5.74) is 2.71.